The molecule has 7 nitrogen and oxygen atoms in total. The highest BCUT2D eigenvalue weighted by atomic mass is 19.2. The van der Waals surface area contributed by atoms with Crippen molar-refractivity contribution in [2.75, 3.05) is 13.1 Å². The molecule has 2 bridgehead atoms. The van der Waals surface area contributed by atoms with E-state index in [-0.39, 0.29) is 30.2 Å². The van der Waals surface area contributed by atoms with Gasteiger partial charge >= 0.3 is 0 Å². The van der Waals surface area contributed by atoms with E-state index in [1.54, 1.807) is 0 Å². The molecule has 1 aromatic carbocycles. The number of carbonyl (C=O) groups excluding carboxylic acids is 4. The summed E-state index contributed by atoms with van der Waals surface area (Å²) in [4.78, 5) is 50.3. The van der Waals surface area contributed by atoms with Crippen LogP contribution in [0.5, 0.6) is 0 Å². The number of piperidine rings is 2. The summed E-state index contributed by atoms with van der Waals surface area (Å²) >= 11 is 0. The first-order valence-corrected chi connectivity index (χ1v) is 9.93. The third kappa shape index (κ3) is 2.49. The van der Waals surface area contributed by atoms with Crippen LogP contribution in [0.3, 0.4) is 0 Å². The van der Waals surface area contributed by atoms with Crippen LogP contribution in [-0.2, 0) is 9.59 Å². The van der Waals surface area contributed by atoms with E-state index < -0.39 is 64.2 Å². The number of hydrogen-bond donors (Lipinski definition) is 2. The van der Waals surface area contributed by atoms with Gasteiger partial charge in [0.15, 0.2) is 17.5 Å². The summed E-state index contributed by atoms with van der Waals surface area (Å²) in [6.07, 6.45) is 1.25. The van der Waals surface area contributed by atoms with Crippen LogP contribution < -0.4 is 10.6 Å². The maximum absolute atomic E-state index is 15.0. The standard InChI is InChI=1S/C20H18F3N3O4/c21-15-12(11-7-1-2-8(11)6-24-5-7)13-14(16(22)17(15)23)20(30)26(19(13)29)9-3-4-10(27)25-18(9)28/h7-9,11,24H,1-6H2,(H,25,27,28)/t7-,8+,9?,11?. The van der Waals surface area contributed by atoms with Gasteiger partial charge in [0.25, 0.3) is 11.8 Å². The summed E-state index contributed by atoms with van der Waals surface area (Å²) in [7, 11) is 0. The molecular formula is C20H18F3N3O4. The number of imide groups is 2. The molecule has 0 radical (unpaired) electrons. The van der Waals surface area contributed by atoms with E-state index in [0.717, 1.165) is 12.8 Å². The van der Waals surface area contributed by atoms with Gasteiger partial charge in [0.1, 0.15) is 6.04 Å². The average Bonchev–Trinajstić information content (AvgIpc) is 3.09. The van der Waals surface area contributed by atoms with Crippen molar-refractivity contribution in [1.82, 2.24) is 15.5 Å². The Morgan fingerprint density at radius 2 is 1.43 bits per heavy atom. The minimum absolute atomic E-state index is 0.0697. The van der Waals surface area contributed by atoms with Crippen molar-refractivity contribution in [1.29, 1.82) is 0 Å². The van der Waals surface area contributed by atoms with Gasteiger partial charge in [-0.2, -0.15) is 0 Å². The van der Waals surface area contributed by atoms with Crippen molar-refractivity contribution in [3.05, 3.63) is 34.1 Å². The third-order valence-electron chi connectivity index (χ3n) is 6.82. The minimum Gasteiger partial charge on any atom is -0.316 e. The Hall–Kier alpha value is -2.75. The van der Waals surface area contributed by atoms with E-state index in [2.05, 4.69) is 5.32 Å². The van der Waals surface area contributed by atoms with Crippen LogP contribution in [0.2, 0.25) is 0 Å². The van der Waals surface area contributed by atoms with Gasteiger partial charge in [-0.1, -0.05) is 0 Å². The van der Waals surface area contributed by atoms with Crippen LogP contribution in [0, 0.1) is 29.3 Å². The van der Waals surface area contributed by atoms with Crippen LogP contribution in [-0.4, -0.2) is 47.7 Å². The third-order valence-corrected chi connectivity index (χ3v) is 6.82. The van der Waals surface area contributed by atoms with Crippen LogP contribution >= 0.6 is 0 Å². The lowest BCUT2D eigenvalue weighted by Gasteiger charge is -2.32. The first-order valence-electron chi connectivity index (χ1n) is 9.93. The molecular weight excluding hydrogens is 403 g/mol. The fraction of sp³-hybridized carbons (Fsp3) is 0.500. The molecule has 2 unspecified atom stereocenters. The van der Waals surface area contributed by atoms with E-state index in [9.17, 15) is 28.0 Å². The Labute approximate surface area is 169 Å². The molecule has 5 rings (SSSR count). The number of rotatable bonds is 2. The second-order valence-corrected chi connectivity index (χ2v) is 8.33. The van der Waals surface area contributed by atoms with Gasteiger partial charge in [-0.05, 0) is 50.1 Å². The van der Waals surface area contributed by atoms with Gasteiger partial charge < -0.3 is 5.32 Å². The molecule has 0 spiro atoms. The molecule has 1 saturated carbocycles. The summed E-state index contributed by atoms with van der Waals surface area (Å²) in [6, 6.07) is -1.33. The molecule has 3 heterocycles. The molecule has 30 heavy (non-hydrogen) atoms. The van der Waals surface area contributed by atoms with E-state index >= 15 is 4.39 Å². The molecule has 4 amide bonds. The van der Waals surface area contributed by atoms with E-state index in [1.807, 2.05) is 5.32 Å². The van der Waals surface area contributed by atoms with Gasteiger partial charge in [-0.15, -0.1) is 0 Å². The van der Waals surface area contributed by atoms with Crippen molar-refractivity contribution < 1.29 is 32.3 Å². The Balaban J connectivity index is 1.66. The summed E-state index contributed by atoms with van der Waals surface area (Å²) in [5.41, 5.74) is -1.56. The number of nitrogens with one attached hydrogen (secondary N) is 2. The molecule has 4 aliphatic rings. The predicted octanol–water partition coefficient (Wildman–Crippen LogP) is 1.22. The number of benzene rings is 1. The molecule has 2 saturated heterocycles. The lowest BCUT2D eigenvalue weighted by molar-refractivity contribution is -0.136. The summed E-state index contributed by atoms with van der Waals surface area (Å²) in [5.74, 6) is -9.23. The number of hydrogen-bond acceptors (Lipinski definition) is 5. The first-order chi connectivity index (χ1) is 14.3. The Morgan fingerprint density at radius 1 is 0.800 bits per heavy atom. The molecule has 3 fully saturated rings. The highest BCUT2D eigenvalue weighted by Crippen LogP contribution is 2.50. The molecule has 4 atom stereocenters. The van der Waals surface area contributed by atoms with Crippen LogP contribution in [0.25, 0.3) is 0 Å². The van der Waals surface area contributed by atoms with E-state index in [0.29, 0.717) is 18.0 Å². The van der Waals surface area contributed by atoms with E-state index in [1.165, 1.54) is 0 Å². The van der Waals surface area contributed by atoms with Crippen LogP contribution in [0.1, 0.15) is 57.9 Å². The second-order valence-electron chi connectivity index (χ2n) is 8.33. The van der Waals surface area contributed by atoms with Crippen molar-refractivity contribution in [3.63, 3.8) is 0 Å². The van der Waals surface area contributed by atoms with Crippen LogP contribution in [0.15, 0.2) is 0 Å². The molecule has 158 valence electrons. The number of halogens is 3. The zero-order chi connectivity index (χ0) is 21.3. The number of fused-ring (bicyclic) bond motifs is 3. The van der Waals surface area contributed by atoms with Crippen LogP contribution in [0.4, 0.5) is 13.2 Å². The van der Waals surface area contributed by atoms with Gasteiger partial charge in [-0.25, -0.2) is 13.2 Å². The Morgan fingerprint density at radius 3 is 2.07 bits per heavy atom. The monoisotopic (exact) mass is 421 g/mol. The van der Waals surface area contributed by atoms with Gasteiger partial charge in [-0.3, -0.25) is 29.4 Å². The molecule has 1 aliphatic carbocycles. The zero-order valence-corrected chi connectivity index (χ0v) is 15.8. The number of carbonyl (C=O) groups is 4. The summed E-state index contributed by atoms with van der Waals surface area (Å²) in [6.45, 7) is 1.10. The van der Waals surface area contributed by atoms with Gasteiger partial charge in [0.05, 0.1) is 11.1 Å². The summed E-state index contributed by atoms with van der Waals surface area (Å²) < 4.78 is 44.2. The Kier molecular flexibility index (Phi) is 4.25. The van der Waals surface area contributed by atoms with Crippen molar-refractivity contribution >= 4 is 23.6 Å². The lowest BCUT2D eigenvalue weighted by atomic mass is 9.77. The first kappa shape index (κ1) is 19.2. The second kappa shape index (κ2) is 6.63. The SMILES string of the molecule is O=C1CCC(N2C(=O)c3c(F)c(F)c(F)c(C4[C@@H]5CC[C@H]4CNC5)c3C2=O)C(=O)N1. The smallest absolute Gasteiger partial charge is 0.265 e. The molecule has 3 aliphatic heterocycles. The molecule has 0 aromatic heterocycles. The highest BCUT2D eigenvalue weighted by Gasteiger charge is 2.52. The maximum atomic E-state index is 15.0. The zero-order valence-electron chi connectivity index (χ0n) is 15.8. The fourth-order valence-electron chi connectivity index (χ4n) is 5.51. The topological polar surface area (TPSA) is 95.6 Å². The molecule has 10 heteroatoms. The summed E-state index contributed by atoms with van der Waals surface area (Å²) in [5, 5.41) is 5.25. The van der Waals surface area contributed by atoms with Gasteiger partial charge in [0.2, 0.25) is 11.8 Å². The minimum atomic E-state index is -1.78. The maximum Gasteiger partial charge on any atom is 0.265 e. The predicted molar refractivity (Wildman–Crippen MR) is 94.8 cm³/mol. The highest BCUT2D eigenvalue weighted by molar-refractivity contribution is 6.24. The Bertz CT molecular complexity index is 1010. The quantitative estimate of drug-likeness (QED) is 0.553. The van der Waals surface area contributed by atoms with Crippen molar-refractivity contribution in [2.24, 2.45) is 11.8 Å². The largest absolute Gasteiger partial charge is 0.316 e. The number of nitrogens with zero attached hydrogens (tertiary/aromatic N) is 1. The molecule has 1 aromatic rings. The van der Waals surface area contributed by atoms with Crippen molar-refractivity contribution in [2.45, 2.75) is 37.6 Å². The number of amides is 4. The van der Waals surface area contributed by atoms with E-state index in [4.69, 9.17) is 0 Å². The molecule has 2 N–H and O–H groups in total. The lowest BCUT2D eigenvalue weighted by Crippen LogP contribution is -2.54. The van der Waals surface area contributed by atoms with Crippen molar-refractivity contribution in [3.8, 4) is 0 Å². The fourth-order valence-corrected chi connectivity index (χ4v) is 5.51. The van der Waals surface area contributed by atoms with Gasteiger partial charge in [0, 0.05) is 12.0 Å². The average molecular weight is 421 g/mol. The normalized spacial score (nSPS) is 30.7.